The lowest BCUT2D eigenvalue weighted by atomic mass is 10.2. The molecule has 2 nitrogen and oxygen atoms in total. The minimum absolute atomic E-state index is 0.113. The summed E-state index contributed by atoms with van der Waals surface area (Å²) in [5, 5.41) is 2.89. The average Bonchev–Trinajstić information content (AvgIpc) is 2.66. The maximum atomic E-state index is 12.1. The lowest BCUT2D eigenvalue weighted by Gasteiger charge is -2.07. The summed E-state index contributed by atoms with van der Waals surface area (Å²) in [5.74, 6) is -0.113. The SMILES string of the molecule is Cc1cccc(NC(=O)c2cc(Br)c(Br)s2)c1Br. The fourth-order valence-corrected chi connectivity index (χ4v) is 3.68. The molecule has 0 unspecified atom stereocenters. The van der Waals surface area contributed by atoms with E-state index in [1.165, 1.54) is 11.3 Å². The molecule has 1 aromatic heterocycles. The molecule has 0 saturated heterocycles. The lowest BCUT2D eigenvalue weighted by molar-refractivity contribution is 0.103. The Labute approximate surface area is 134 Å². The van der Waals surface area contributed by atoms with Gasteiger partial charge in [-0.3, -0.25) is 4.79 Å². The van der Waals surface area contributed by atoms with Crippen LogP contribution in [0.2, 0.25) is 0 Å². The standard InChI is InChI=1S/C12H8Br3NOS/c1-6-3-2-4-8(10(6)14)16-12(17)9-5-7(13)11(15)18-9/h2-5H,1H3,(H,16,17). The van der Waals surface area contributed by atoms with Crippen LogP contribution in [0.1, 0.15) is 15.2 Å². The second-order valence-corrected chi connectivity index (χ2v) is 7.64. The van der Waals surface area contributed by atoms with E-state index in [4.69, 9.17) is 0 Å². The Kier molecular flexibility index (Phi) is 4.64. The zero-order valence-electron chi connectivity index (χ0n) is 9.26. The Bertz CT molecular complexity index is 590. The lowest BCUT2D eigenvalue weighted by Crippen LogP contribution is -2.10. The van der Waals surface area contributed by atoms with Crippen LogP contribution in [0, 0.1) is 6.92 Å². The van der Waals surface area contributed by atoms with Gasteiger partial charge in [0.15, 0.2) is 0 Å². The summed E-state index contributed by atoms with van der Waals surface area (Å²) in [5.41, 5.74) is 1.86. The number of rotatable bonds is 2. The zero-order chi connectivity index (χ0) is 13.3. The molecule has 2 rings (SSSR count). The number of anilines is 1. The summed E-state index contributed by atoms with van der Waals surface area (Å²) in [7, 11) is 0. The molecule has 1 heterocycles. The average molecular weight is 454 g/mol. The normalized spacial score (nSPS) is 10.4. The Balaban J connectivity index is 2.24. The van der Waals surface area contributed by atoms with Crippen molar-refractivity contribution in [3.8, 4) is 0 Å². The molecular weight excluding hydrogens is 446 g/mol. The quantitative estimate of drug-likeness (QED) is 0.630. The van der Waals surface area contributed by atoms with Gasteiger partial charge in [-0.1, -0.05) is 12.1 Å². The van der Waals surface area contributed by atoms with E-state index in [9.17, 15) is 4.79 Å². The minimum Gasteiger partial charge on any atom is -0.320 e. The molecule has 0 spiro atoms. The number of halogens is 3. The fraction of sp³-hybridized carbons (Fsp3) is 0.0833. The molecule has 0 fully saturated rings. The molecule has 0 aliphatic carbocycles. The van der Waals surface area contributed by atoms with Gasteiger partial charge in [0, 0.05) is 8.95 Å². The van der Waals surface area contributed by atoms with Gasteiger partial charge in [0.1, 0.15) is 0 Å². The van der Waals surface area contributed by atoms with Gasteiger partial charge in [-0.25, -0.2) is 0 Å². The first-order chi connectivity index (χ1) is 8.49. The van der Waals surface area contributed by atoms with Crippen LogP contribution in [0.5, 0.6) is 0 Å². The fourth-order valence-electron chi connectivity index (χ4n) is 1.39. The number of nitrogens with one attached hydrogen (secondary N) is 1. The monoisotopic (exact) mass is 451 g/mol. The number of hydrogen-bond acceptors (Lipinski definition) is 2. The molecule has 18 heavy (non-hydrogen) atoms. The van der Waals surface area contributed by atoms with Crippen molar-refractivity contribution < 1.29 is 4.79 Å². The second kappa shape index (κ2) is 5.86. The number of benzene rings is 1. The Morgan fingerprint density at radius 3 is 2.61 bits per heavy atom. The molecule has 2 aromatic rings. The van der Waals surface area contributed by atoms with Gasteiger partial charge < -0.3 is 5.32 Å². The minimum atomic E-state index is -0.113. The van der Waals surface area contributed by atoms with Crippen molar-refractivity contribution in [3.05, 3.63) is 47.4 Å². The zero-order valence-corrected chi connectivity index (χ0v) is 14.8. The van der Waals surface area contributed by atoms with E-state index >= 15 is 0 Å². The highest BCUT2D eigenvalue weighted by Crippen LogP contribution is 2.33. The molecule has 0 aliphatic rings. The molecule has 1 amide bonds. The van der Waals surface area contributed by atoms with E-state index in [0.717, 1.165) is 24.0 Å². The van der Waals surface area contributed by atoms with Crippen molar-refractivity contribution in [2.24, 2.45) is 0 Å². The van der Waals surface area contributed by atoms with Crippen molar-refractivity contribution in [2.75, 3.05) is 5.32 Å². The number of carbonyl (C=O) groups excluding carboxylic acids is 1. The third-order valence-electron chi connectivity index (χ3n) is 2.31. The maximum Gasteiger partial charge on any atom is 0.265 e. The van der Waals surface area contributed by atoms with E-state index in [-0.39, 0.29) is 5.91 Å². The molecule has 94 valence electrons. The molecule has 0 atom stereocenters. The highest BCUT2D eigenvalue weighted by atomic mass is 79.9. The predicted octanol–water partition coefficient (Wildman–Crippen LogP) is 5.60. The maximum absolute atomic E-state index is 12.1. The van der Waals surface area contributed by atoms with Crippen molar-refractivity contribution in [3.63, 3.8) is 0 Å². The summed E-state index contributed by atoms with van der Waals surface area (Å²) < 4.78 is 2.71. The molecule has 0 bridgehead atoms. The Hall–Kier alpha value is -0.170. The van der Waals surface area contributed by atoms with Gasteiger partial charge in [-0.2, -0.15) is 0 Å². The highest BCUT2D eigenvalue weighted by Gasteiger charge is 2.13. The largest absolute Gasteiger partial charge is 0.320 e. The number of aryl methyl sites for hydroxylation is 1. The summed E-state index contributed by atoms with van der Waals surface area (Å²) in [4.78, 5) is 12.7. The topological polar surface area (TPSA) is 29.1 Å². The summed E-state index contributed by atoms with van der Waals surface area (Å²) >= 11 is 11.6. The van der Waals surface area contributed by atoms with Crippen LogP contribution in [0.3, 0.4) is 0 Å². The van der Waals surface area contributed by atoms with Gasteiger partial charge in [0.25, 0.3) is 5.91 Å². The van der Waals surface area contributed by atoms with Gasteiger partial charge >= 0.3 is 0 Å². The second-order valence-electron chi connectivity index (χ2n) is 3.62. The van der Waals surface area contributed by atoms with Crippen molar-refractivity contribution in [1.82, 2.24) is 0 Å². The van der Waals surface area contributed by atoms with Crippen molar-refractivity contribution in [2.45, 2.75) is 6.92 Å². The molecular formula is C12H8Br3NOS. The predicted molar refractivity (Wildman–Crippen MR) is 86.6 cm³/mol. The summed E-state index contributed by atoms with van der Waals surface area (Å²) in [6.45, 7) is 1.98. The molecule has 0 aliphatic heterocycles. The highest BCUT2D eigenvalue weighted by molar-refractivity contribution is 9.13. The van der Waals surface area contributed by atoms with Gasteiger partial charge in [0.2, 0.25) is 0 Å². The number of amides is 1. The van der Waals surface area contributed by atoms with Crippen LogP contribution in [-0.4, -0.2) is 5.91 Å². The molecule has 1 aromatic carbocycles. The number of carbonyl (C=O) groups is 1. The first-order valence-corrected chi connectivity index (χ1v) is 8.20. The van der Waals surface area contributed by atoms with Gasteiger partial charge in [-0.05, 0) is 72.4 Å². The third-order valence-corrected chi connectivity index (χ3v) is 6.62. The van der Waals surface area contributed by atoms with Crippen LogP contribution in [0.25, 0.3) is 0 Å². The van der Waals surface area contributed by atoms with Crippen LogP contribution < -0.4 is 5.32 Å². The van der Waals surface area contributed by atoms with Crippen LogP contribution in [0.15, 0.2) is 37.0 Å². The van der Waals surface area contributed by atoms with E-state index in [1.807, 2.05) is 25.1 Å². The van der Waals surface area contributed by atoms with E-state index in [0.29, 0.717) is 4.88 Å². The molecule has 0 radical (unpaired) electrons. The van der Waals surface area contributed by atoms with E-state index in [1.54, 1.807) is 6.07 Å². The Morgan fingerprint density at radius 1 is 1.28 bits per heavy atom. The van der Waals surface area contributed by atoms with Crippen molar-refractivity contribution >= 4 is 70.7 Å². The molecule has 1 N–H and O–H groups in total. The smallest absolute Gasteiger partial charge is 0.265 e. The van der Waals surface area contributed by atoms with E-state index < -0.39 is 0 Å². The van der Waals surface area contributed by atoms with E-state index in [2.05, 4.69) is 53.1 Å². The third kappa shape index (κ3) is 3.04. The number of thiophene rings is 1. The van der Waals surface area contributed by atoms with Gasteiger partial charge in [0.05, 0.1) is 14.4 Å². The molecule has 0 saturated carbocycles. The number of hydrogen-bond donors (Lipinski definition) is 1. The Morgan fingerprint density at radius 2 is 2.00 bits per heavy atom. The van der Waals surface area contributed by atoms with Crippen LogP contribution in [-0.2, 0) is 0 Å². The summed E-state index contributed by atoms with van der Waals surface area (Å²) in [6.07, 6.45) is 0. The first kappa shape index (κ1) is 14.2. The first-order valence-electron chi connectivity index (χ1n) is 5.00. The van der Waals surface area contributed by atoms with Crippen molar-refractivity contribution in [1.29, 1.82) is 0 Å². The summed E-state index contributed by atoms with van der Waals surface area (Å²) in [6, 6.07) is 7.56. The molecule has 6 heteroatoms. The van der Waals surface area contributed by atoms with Crippen LogP contribution in [0.4, 0.5) is 5.69 Å². The van der Waals surface area contributed by atoms with Crippen LogP contribution >= 0.6 is 59.1 Å². The van der Waals surface area contributed by atoms with Gasteiger partial charge in [-0.15, -0.1) is 11.3 Å².